The SMILES string of the molecule is OC(CNC1CC1)COc1ccc(Cl)cc1Br. The lowest BCUT2D eigenvalue weighted by molar-refractivity contribution is 0.106. The fraction of sp³-hybridized carbons (Fsp3) is 0.500. The fourth-order valence-electron chi connectivity index (χ4n) is 1.43. The first-order chi connectivity index (χ1) is 8.15. The van der Waals surface area contributed by atoms with Crippen LogP contribution >= 0.6 is 27.5 Å². The van der Waals surface area contributed by atoms with Crippen molar-refractivity contribution in [3.63, 3.8) is 0 Å². The van der Waals surface area contributed by atoms with Gasteiger partial charge in [-0.2, -0.15) is 0 Å². The van der Waals surface area contributed by atoms with Crippen LogP contribution in [0.25, 0.3) is 0 Å². The van der Waals surface area contributed by atoms with Gasteiger partial charge >= 0.3 is 0 Å². The van der Waals surface area contributed by atoms with Gasteiger partial charge in [-0.05, 0) is 47.0 Å². The van der Waals surface area contributed by atoms with Crippen molar-refractivity contribution >= 4 is 27.5 Å². The number of halogens is 2. The molecule has 1 aliphatic rings. The molecule has 1 aromatic carbocycles. The van der Waals surface area contributed by atoms with Gasteiger partial charge in [0.25, 0.3) is 0 Å². The van der Waals surface area contributed by atoms with Gasteiger partial charge in [0.05, 0.1) is 4.47 Å². The van der Waals surface area contributed by atoms with Gasteiger partial charge in [-0.15, -0.1) is 0 Å². The highest BCUT2D eigenvalue weighted by atomic mass is 79.9. The summed E-state index contributed by atoms with van der Waals surface area (Å²) in [5.74, 6) is 0.694. The van der Waals surface area contributed by atoms with Crippen LogP contribution < -0.4 is 10.1 Å². The standard InChI is InChI=1S/C12H15BrClNO2/c13-11-5-8(14)1-4-12(11)17-7-10(16)6-15-9-2-3-9/h1,4-5,9-10,15-16H,2-3,6-7H2. The summed E-state index contributed by atoms with van der Waals surface area (Å²) in [5.41, 5.74) is 0. The Morgan fingerprint density at radius 3 is 2.94 bits per heavy atom. The normalized spacial score (nSPS) is 16.9. The van der Waals surface area contributed by atoms with Gasteiger partial charge in [-0.1, -0.05) is 11.6 Å². The predicted molar refractivity (Wildman–Crippen MR) is 71.7 cm³/mol. The molecule has 94 valence electrons. The molecule has 0 spiro atoms. The molecule has 1 aliphatic carbocycles. The summed E-state index contributed by atoms with van der Waals surface area (Å²) in [7, 11) is 0. The molecule has 3 nitrogen and oxygen atoms in total. The maximum atomic E-state index is 9.70. The van der Waals surface area contributed by atoms with Crippen LogP contribution in [-0.4, -0.2) is 30.4 Å². The van der Waals surface area contributed by atoms with Crippen LogP contribution in [-0.2, 0) is 0 Å². The fourth-order valence-corrected chi connectivity index (χ4v) is 2.22. The number of aliphatic hydroxyl groups is 1. The Balaban J connectivity index is 1.75. The lowest BCUT2D eigenvalue weighted by atomic mass is 10.3. The maximum absolute atomic E-state index is 9.70. The molecule has 1 saturated carbocycles. The minimum absolute atomic E-state index is 0.278. The monoisotopic (exact) mass is 319 g/mol. The minimum atomic E-state index is -0.488. The summed E-state index contributed by atoms with van der Waals surface area (Å²) < 4.78 is 6.31. The second-order valence-electron chi connectivity index (χ2n) is 4.22. The highest BCUT2D eigenvalue weighted by Crippen LogP contribution is 2.28. The maximum Gasteiger partial charge on any atom is 0.133 e. The lowest BCUT2D eigenvalue weighted by Gasteiger charge is -2.14. The van der Waals surface area contributed by atoms with Crippen LogP contribution in [0.3, 0.4) is 0 Å². The van der Waals surface area contributed by atoms with Gasteiger partial charge in [0.1, 0.15) is 18.5 Å². The topological polar surface area (TPSA) is 41.5 Å². The molecule has 1 unspecified atom stereocenters. The molecule has 17 heavy (non-hydrogen) atoms. The van der Waals surface area contributed by atoms with Crippen molar-refractivity contribution in [3.8, 4) is 5.75 Å². The number of nitrogens with one attached hydrogen (secondary N) is 1. The summed E-state index contributed by atoms with van der Waals surface area (Å²) >= 11 is 9.19. The molecule has 1 aromatic rings. The van der Waals surface area contributed by atoms with Gasteiger partial charge in [0.15, 0.2) is 0 Å². The Morgan fingerprint density at radius 1 is 1.53 bits per heavy atom. The first-order valence-corrected chi connectivity index (χ1v) is 6.81. The van der Waals surface area contributed by atoms with Crippen molar-refractivity contribution in [2.24, 2.45) is 0 Å². The van der Waals surface area contributed by atoms with Gasteiger partial charge in [0, 0.05) is 17.6 Å². The van der Waals surface area contributed by atoms with Crippen LogP contribution in [0, 0.1) is 0 Å². The Labute approximate surface area is 114 Å². The third kappa shape index (κ3) is 4.47. The number of aliphatic hydroxyl groups excluding tert-OH is 1. The Hall–Kier alpha value is -0.290. The van der Waals surface area contributed by atoms with Gasteiger partial charge < -0.3 is 15.2 Å². The molecule has 2 N–H and O–H groups in total. The van der Waals surface area contributed by atoms with Gasteiger partial charge in [-0.3, -0.25) is 0 Å². The number of ether oxygens (including phenoxy) is 1. The summed E-state index contributed by atoms with van der Waals surface area (Å²) in [6, 6.07) is 5.92. The summed E-state index contributed by atoms with van der Waals surface area (Å²) in [6.07, 6.45) is 1.95. The summed E-state index contributed by atoms with van der Waals surface area (Å²) in [6.45, 7) is 0.857. The van der Waals surface area contributed by atoms with E-state index in [1.807, 2.05) is 0 Å². The molecule has 5 heteroatoms. The molecular weight excluding hydrogens is 305 g/mol. The van der Waals surface area contributed by atoms with E-state index in [1.165, 1.54) is 12.8 Å². The van der Waals surface area contributed by atoms with Gasteiger partial charge in [0.2, 0.25) is 0 Å². The number of hydrogen-bond donors (Lipinski definition) is 2. The molecule has 1 fully saturated rings. The lowest BCUT2D eigenvalue weighted by Crippen LogP contribution is -2.32. The molecule has 0 bridgehead atoms. The molecule has 0 radical (unpaired) electrons. The Bertz CT molecular complexity index is 385. The van der Waals surface area contributed by atoms with Crippen LogP contribution in [0.4, 0.5) is 0 Å². The quantitative estimate of drug-likeness (QED) is 0.846. The van der Waals surface area contributed by atoms with E-state index >= 15 is 0 Å². The first-order valence-electron chi connectivity index (χ1n) is 5.64. The van der Waals surface area contributed by atoms with Crippen LogP contribution in [0.5, 0.6) is 5.75 Å². The summed E-state index contributed by atoms with van der Waals surface area (Å²) in [4.78, 5) is 0. The molecule has 1 atom stereocenters. The number of hydrogen-bond acceptors (Lipinski definition) is 3. The van der Waals surface area contributed by atoms with E-state index in [-0.39, 0.29) is 6.61 Å². The minimum Gasteiger partial charge on any atom is -0.490 e. The van der Waals surface area contributed by atoms with E-state index in [4.69, 9.17) is 16.3 Å². The van der Waals surface area contributed by atoms with Crippen LogP contribution in [0.15, 0.2) is 22.7 Å². The average molecular weight is 321 g/mol. The van der Waals surface area contributed by atoms with Crippen LogP contribution in [0.2, 0.25) is 5.02 Å². The van der Waals surface area contributed by atoms with E-state index in [1.54, 1.807) is 18.2 Å². The van der Waals surface area contributed by atoms with Crippen molar-refractivity contribution in [2.45, 2.75) is 25.0 Å². The third-order valence-electron chi connectivity index (χ3n) is 2.54. The zero-order chi connectivity index (χ0) is 12.3. The van der Waals surface area contributed by atoms with Crippen molar-refractivity contribution in [1.29, 1.82) is 0 Å². The smallest absolute Gasteiger partial charge is 0.133 e. The molecular formula is C12H15BrClNO2. The highest BCUT2D eigenvalue weighted by Gasteiger charge is 2.21. The average Bonchev–Trinajstić information content (AvgIpc) is 3.09. The van der Waals surface area contributed by atoms with Gasteiger partial charge in [-0.25, -0.2) is 0 Å². The highest BCUT2D eigenvalue weighted by molar-refractivity contribution is 9.10. The Kier molecular flexibility index (Phi) is 4.68. The first kappa shape index (κ1) is 13.1. The van der Waals surface area contributed by atoms with E-state index in [9.17, 15) is 5.11 Å². The Morgan fingerprint density at radius 2 is 2.29 bits per heavy atom. The number of rotatable bonds is 6. The molecule has 2 rings (SSSR count). The van der Waals surface area contributed by atoms with Crippen LogP contribution in [0.1, 0.15) is 12.8 Å². The summed E-state index contributed by atoms with van der Waals surface area (Å²) in [5, 5.41) is 13.6. The van der Waals surface area contributed by atoms with Crippen molar-refractivity contribution in [2.75, 3.05) is 13.2 Å². The predicted octanol–water partition coefficient (Wildman–Crippen LogP) is 2.59. The molecule has 0 aromatic heterocycles. The van der Waals surface area contributed by atoms with Crippen molar-refractivity contribution in [1.82, 2.24) is 5.32 Å². The molecule has 0 aliphatic heterocycles. The largest absolute Gasteiger partial charge is 0.490 e. The van der Waals surface area contributed by atoms with E-state index in [0.29, 0.717) is 23.4 Å². The van der Waals surface area contributed by atoms with Crippen molar-refractivity contribution < 1.29 is 9.84 Å². The van der Waals surface area contributed by atoms with E-state index < -0.39 is 6.10 Å². The third-order valence-corrected chi connectivity index (χ3v) is 3.40. The molecule has 0 heterocycles. The van der Waals surface area contributed by atoms with E-state index in [0.717, 1.165) is 4.47 Å². The zero-order valence-electron chi connectivity index (χ0n) is 9.33. The second kappa shape index (κ2) is 6.05. The van der Waals surface area contributed by atoms with Crippen molar-refractivity contribution in [3.05, 3.63) is 27.7 Å². The molecule has 0 saturated heterocycles. The zero-order valence-corrected chi connectivity index (χ0v) is 11.7. The van der Waals surface area contributed by atoms with E-state index in [2.05, 4.69) is 21.2 Å². The molecule has 0 amide bonds. The number of benzene rings is 1. The second-order valence-corrected chi connectivity index (χ2v) is 5.51.